The Balaban J connectivity index is 1.32. The van der Waals surface area contributed by atoms with Crippen LogP contribution in [0.4, 0.5) is 10.1 Å². The number of pyridine rings is 1. The van der Waals surface area contributed by atoms with Crippen molar-refractivity contribution in [2.24, 2.45) is 0 Å². The number of carbonyl (C=O) groups excluding carboxylic acids is 1. The molecule has 1 aliphatic heterocycles. The van der Waals surface area contributed by atoms with Crippen molar-refractivity contribution in [3.63, 3.8) is 0 Å². The monoisotopic (exact) mass is 569 g/mol. The number of nitro groups is 1. The maximum atomic E-state index is 14.2. The Morgan fingerprint density at radius 1 is 0.902 bits per heavy atom. The molecule has 0 atom stereocenters. The molecule has 8 nitrogen and oxygen atoms in total. The third-order valence-corrected chi connectivity index (χ3v) is 7.60. The zero-order valence-electron chi connectivity index (χ0n) is 21.9. The van der Waals surface area contributed by atoms with Crippen LogP contribution in [0.2, 0.25) is 5.02 Å². The standard InChI is InChI=1S/C31H25ClFN5O3/c32-24-5-3-4-22(18-24)23-10-13-29-34-30(21-8-11-25(12-9-21)38(40)41)28(37(29)19-23)20-35-14-16-36(17-15-35)31(39)26-6-1-2-7-27(26)33/h1-13,18-19H,14-17,20H2. The van der Waals surface area contributed by atoms with E-state index in [0.717, 1.165) is 33.7 Å². The fraction of sp³-hybridized carbons (Fsp3) is 0.161. The van der Waals surface area contributed by atoms with Gasteiger partial charge < -0.3 is 9.30 Å². The van der Waals surface area contributed by atoms with Crippen molar-refractivity contribution in [2.45, 2.75) is 6.54 Å². The van der Waals surface area contributed by atoms with Crippen molar-refractivity contribution in [3.05, 3.63) is 123 Å². The second-order valence-corrected chi connectivity index (χ2v) is 10.4. The summed E-state index contributed by atoms with van der Waals surface area (Å²) >= 11 is 6.25. The number of rotatable bonds is 6. The Bertz CT molecular complexity index is 1760. The van der Waals surface area contributed by atoms with Gasteiger partial charge in [-0.05, 0) is 59.7 Å². The minimum Gasteiger partial charge on any atom is -0.336 e. The summed E-state index contributed by atoms with van der Waals surface area (Å²) in [7, 11) is 0. The number of aromatic nitrogens is 2. The fourth-order valence-electron chi connectivity index (χ4n) is 5.18. The van der Waals surface area contributed by atoms with Gasteiger partial charge in [-0.15, -0.1) is 0 Å². The molecule has 0 aliphatic carbocycles. The average molecular weight is 570 g/mol. The van der Waals surface area contributed by atoms with E-state index in [2.05, 4.69) is 4.90 Å². The lowest BCUT2D eigenvalue weighted by Gasteiger charge is -2.34. The maximum Gasteiger partial charge on any atom is 0.269 e. The fourth-order valence-corrected chi connectivity index (χ4v) is 5.37. The second-order valence-electron chi connectivity index (χ2n) is 9.92. The largest absolute Gasteiger partial charge is 0.336 e. The van der Waals surface area contributed by atoms with Crippen molar-refractivity contribution in [1.82, 2.24) is 19.2 Å². The number of fused-ring (bicyclic) bond motifs is 1. The van der Waals surface area contributed by atoms with Gasteiger partial charge in [0.25, 0.3) is 11.6 Å². The van der Waals surface area contributed by atoms with Gasteiger partial charge in [0, 0.05) is 61.6 Å². The second kappa shape index (κ2) is 11.1. The van der Waals surface area contributed by atoms with Crippen LogP contribution in [0.1, 0.15) is 16.1 Å². The normalized spacial score (nSPS) is 14.0. The number of imidazole rings is 1. The van der Waals surface area contributed by atoms with E-state index in [0.29, 0.717) is 37.7 Å². The lowest BCUT2D eigenvalue weighted by atomic mass is 10.1. The highest BCUT2D eigenvalue weighted by Crippen LogP contribution is 2.30. The molecule has 1 aliphatic rings. The minimum atomic E-state index is -0.520. The molecule has 3 aromatic carbocycles. The van der Waals surface area contributed by atoms with Crippen molar-refractivity contribution in [1.29, 1.82) is 0 Å². The molecule has 10 heteroatoms. The van der Waals surface area contributed by atoms with Gasteiger partial charge in [0.2, 0.25) is 0 Å². The van der Waals surface area contributed by atoms with Gasteiger partial charge in [-0.25, -0.2) is 9.37 Å². The molecule has 0 bridgehead atoms. The lowest BCUT2D eigenvalue weighted by Crippen LogP contribution is -2.48. The zero-order valence-corrected chi connectivity index (χ0v) is 22.7. The number of nitro benzene ring substituents is 1. The number of hydrogen-bond acceptors (Lipinski definition) is 5. The van der Waals surface area contributed by atoms with Crippen molar-refractivity contribution >= 4 is 28.8 Å². The van der Waals surface area contributed by atoms with E-state index < -0.39 is 10.7 Å². The maximum absolute atomic E-state index is 14.2. The third kappa shape index (κ3) is 5.41. The van der Waals surface area contributed by atoms with Crippen LogP contribution in [0, 0.1) is 15.9 Å². The van der Waals surface area contributed by atoms with Gasteiger partial charge in [-0.2, -0.15) is 0 Å². The summed E-state index contributed by atoms with van der Waals surface area (Å²) in [5.74, 6) is -0.829. The van der Waals surface area contributed by atoms with Crippen molar-refractivity contribution in [2.75, 3.05) is 26.2 Å². The average Bonchev–Trinajstić information content (AvgIpc) is 3.35. The van der Waals surface area contributed by atoms with Crippen LogP contribution in [-0.4, -0.2) is 56.2 Å². The Hall–Kier alpha value is -4.60. The first-order valence-corrected chi connectivity index (χ1v) is 13.5. The first kappa shape index (κ1) is 26.6. The highest BCUT2D eigenvalue weighted by atomic mass is 35.5. The van der Waals surface area contributed by atoms with Crippen molar-refractivity contribution in [3.8, 4) is 22.4 Å². The van der Waals surface area contributed by atoms with Crippen molar-refractivity contribution < 1.29 is 14.1 Å². The van der Waals surface area contributed by atoms with Gasteiger partial charge in [0.15, 0.2) is 0 Å². The SMILES string of the molecule is O=C(c1ccccc1F)N1CCN(Cc2c(-c3ccc([N+](=O)[O-])cc3)nc3ccc(-c4cccc(Cl)c4)cn23)CC1. The van der Waals surface area contributed by atoms with Crippen LogP contribution < -0.4 is 0 Å². The predicted molar refractivity (Wildman–Crippen MR) is 155 cm³/mol. The van der Waals surface area contributed by atoms with E-state index in [1.165, 1.54) is 24.3 Å². The number of benzene rings is 3. The lowest BCUT2D eigenvalue weighted by molar-refractivity contribution is -0.384. The molecule has 0 N–H and O–H groups in total. The van der Waals surface area contributed by atoms with Crippen LogP contribution in [0.5, 0.6) is 0 Å². The third-order valence-electron chi connectivity index (χ3n) is 7.36. The Kier molecular flexibility index (Phi) is 7.21. The molecule has 5 aromatic rings. The van der Waals surface area contributed by atoms with Crippen LogP contribution in [0.3, 0.4) is 0 Å². The molecular weight excluding hydrogens is 545 g/mol. The van der Waals surface area contributed by atoms with Gasteiger partial charge in [-0.3, -0.25) is 19.8 Å². The topological polar surface area (TPSA) is 84.0 Å². The smallest absolute Gasteiger partial charge is 0.269 e. The van der Waals surface area contributed by atoms with E-state index in [1.54, 1.807) is 29.2 Å². The number of non-ortho nitro benzene ring substituents is 1. The molecule has 6 rings (SSSR count). The number of halogens is 2. The highest BCUT2D eigenvalue weighted by Gasteiger charge is 2.26. The van der Waals surface area contributed by atoms with E-state index in [-0.39, 0.29) is 17.2 Å². The summed E-state index contributed by atoms with van der Waals surface area (Å²) < 4.78 is 16.3. The molecule has 1 saturated heterocycles. The summed E-state index contributed by atoms with van der Waals surface area (Å²) in [5.41, 5.74) is 5.19. The van der Waals surface area contributed by atoms with Crippen LogP contribution in [0.25, 0.3) is 28.0 Å². The first-order valence-electron chi connectivity index (χ1n) is 13.2. The molecule has 0 radical (unpaired) electrons. The molecule has 206 valence electrons. The number of hydrogen-bond donors (Lipinski definition) is 0. The molecule has 0 spiro atoms. The Morgan fingerprint density at radius 2 is 1.63 bits per heavy atom. The predicted octanol–water partition coefficient (Wildman–Crippen LogP) is 6.33. The number of amides is 1. The van der Waals surface area contributed by atoms with Crippen LogP contribution in [-0.2, 0) is 6.54 Å². The highest BCUT2D eigenvalue weighted by molar-refractivity contribution is 6.30. The Morgan fingerprint density at radius 3 is 2.34 bits per heavy atom. The van der Waals surface area contributed by atoms with Gasteiger partial charge in [0.05, 0.1) is 21.9 Å². The minimum absolute atomic E-state index is 0.0120. The molecule has 3 heterocycles. The number of nitrogens with zero attached hydrogens (tertiary/aromatic N) is 5. The van der Waals surface area contributed by atoms with Crippen LogP contribution >= 0.6 is 11.6 Å². The number of carbonyl (C=O) groups is 1. The van der Waals surface area contributed by atoms with E-state index in [4.69, 9.17) is 16.6 Å². The zero-order chi connectivity index (χ0) is 28.5. The van der Waals surface area contributed by atoms with Gasteiger partial charge in [0.1, 0.15) is 11.5 Å². The molecule has 2 aromatic heterocycles. The molecule has 41 heavy (non-hydrogen) atoms. The summed E-state index contributed by atoms with van der Waals surface area (Å²) in [6.45, 7) is 2.66. The number of piperazine rings is 1. The quantitative estimate of drug-likeness (QED) is 0.176. The van der Waals surface area contributed by atoms with Crippen LogP contribution in [0.15, 0.2) is 91.1 Å². The molecule has 0 unspecified atom stereocenters. The van der Waals surface area contributed by atoms with E-state index in [9.17, 15) is 19.3 Å². The first-order chi connectivity index (χ1) is 19.9. The van der Waals surface area contributed by atoms with E-state index >= 15 is 0 Å². The van der Waals surface area contributed by atoms with Gasteiger partial charge >= 0.3 is 0 Å². The Labute approximate surface area is 240 Å². The summed E-state index contributed by atoms with van der Waals surface area (Å²) in [6, 6.07) is 24.0. The molecule has 1 fully saturated rings. The molecule has 0 saturated carbocycles. The summed E-state index contributed by atoms with van der Waals surface area (Å²) in [6.07, 6.45) is 2.02. The summed E-state index contributed by atoms with van der Waals surface area (Å²) in [5, 5.41) is 11.9. The summed E-state index contributed by atoms with van der Waals surface area (Å²) in [4.78, 5) is 32.5. The van der Waals surface area contributed by atoms with Gasteiger partial charge in [-0.1, -0.05) is 35.9 Å². The molecule has 1 amide bonds. The molecular formula is C31H25ClFN5O3. The van der Waals surface area contributed by atoms with E-state index in [1.807, 2.05) is 47.0 Å².